The lowest BCUT2D eigenvalue weighted by atomic mass is 12.0. The molecule has 0 nitrogen and oxygen atoms in total. The molecule has 0 saturated carbocycles. The molecule has 26 heavy (non-hydrogen) atoms. The highest BCUT2D eigenvalue weighted by atomic mass is 34.0. The van der Waals surface area contributed by atoms with Crippen LogP contribution in [0.1, 0.15) is 0 Å². The van der Waals surface area contributed by atoms with E-state index >= 15 is 0 Å². The summed E-state index contributed by atoms with van der Waals surface area (Å²) >= 11 is 35.9. The van der Waals surface area contributed by atoms with Crippen molar-refractivity contribution in [3.05, 3.63) is 0 Å². The molecule has 0 aliphatic rings. The van der Waals surface area contributed by atoms with E-state index < -0.39 is 14.6 Å². The zero-order valence-corrected chi connectivity index (χ0v) is 31.6. The fraction of sp³-hybridized carbons (Fsp3) is 1.00. The normalized spacial score (nSPS) is 21.3. The first kappa shape index (κ1) is 33.5. The summed E-state index contributed by atoms with van der Waals surface area (Å²) < 4.78 is -7.01. The van der Waals surface area contributed by atoms with Crippen LogP contribution >= 0.6 is 167 Å². The number of hydrogen-bond donors (Lipinski definition) is 2. The van der Waals surface area contributed by atoms with Crippen molar-refractivity contribution in [2.24, 2.45) is 0 Å². The largest absolute Gasteiger partial charge is 0.140 e. The Morgan fingerprint density at radius 2 is 0.885 bits per heavy atom. The van der Waals surface area contributed by atoms with Gasteiger partial charge in [-0.2, -0.15) is 0 Å². The molecular weight excluding hydrogens is 749 g/mol. The molecule has 0 fully saturated rings. The van der Waals surface area contributed by atoms with E-state index in [1.807, 2.05) is 6.26 Å². The Kier molecular flexibility index (Phi) is 22.0. The first-order valence-corrected chi connectivity index (χ1v) is 39.0. The Hall–Kier alpha value is 7.50. The molecule has 22 heteroatoms. The lowest BCUT2D eigenvalue weighted by molar-refractivity contribution is 2.54. The fourth-order valence-electron chi connectivity index (χ4n) is 0.585. The summed E-state index contributed by atoms with van der Waals surface area (Å²) in [5, 5.41) is 0. The minimum atomic E-state index is -1.93. The van der Waals surface area contributed by atoms with E-state index in [2.05, 4.69) is 31.0 Å². The van der Waals surface area contributed by atoms with Gasteiger partial charge in [-0.15, -0.1) is 47.3 Å². The van der Waals surface area contributed by atoms with Gasteiger partial charge in [-0.1, -0.05) is 68.8 Å². The van der Waals surface area contributed by atoms with E-state index in [1.54, 1.807) is 128 Å². The maximum absolute atomic E-state index is 5.97. The quantitative estimate of drug-likeness (QED) is 0.0923. The predicted octanol–water partition coefficient (Wildman–Crippen LogP) is 12.6. The standard InChI is InChI=1S/C4H14P4S18/c1-15-5(9,10)19-25-8(14,23-18-4)26-21-6(11,12)20-24-7(13,16-2)22-17-3/h1-4H3,(H,9,10)(H,11,12). The van der Waals surface area contributed by atoms with Gasteiger partial charge in [-0.05, 0) is 108 Å². The van der Waals surface area contributed by atoms with Crippen LogP contribution in [-0.2, 0) is 47.2 Å². The minimum Gasteiger partial charge on any atom is -0.121 e. The predicted molar refractivity (Wildman–Crippen MR) is 190 cm³/mol. The van der Waals surface area contributed by atoms with Crippen LogP contribution in [-0.4, -0.2) is 25.0 Å². The van der Waals surface area contributed by atoms with Gasteiger partial charge < -0.3 is 0 Å². The molecule has 0 aliphatic heterocycles. The topological polar surface area (TPSA) is 0 Å². The summed E-state index contributed by atoms with van der Waals surface area (Å²) in [4.78, 5) is 0. The second-order valence-corrected chi connectivity index (χ2v) is 71.8. The van der Waals surface area contributed by atoms with Gasteiger partial charge in [-0.25, -0.2) is 0 Å². The monoisotopic (exact) mass is 762 g/mol. The third-order valence-corrected chi connectivity index (χ3v) is 84.3. The smallest absolute Gasteiger partial charge is 0.121 e. The number of rotatable bonds is 15. The third kappa shape index (κ3) is 16.2. The molecule has 158 valence electrons. The van der Waals surface area contributed by atoms with E-state index in [0.717, 1.165) is 0 Å². The van der Waals surface area contributed by atoms with Gasteiger partial charge in [-0.3, -0.25) is 0 Å². The highest BCUT2D eigenvalue weighted by Crippen LogP contribution is 2.97. The van der Waals surface area contributed by atoms with Crippen LogP contribution in [0.4, 0.5) is 0 Å². The van der Waals surface area contributed by atoms with E-state index in [-0.39, 0.29) is 0 Å². The van der Waals surface area contributed by atoms with Crippen molar-refractivity contribution in [1.82, 2.24) is 0 Å². The molecule has 0 N–H and O–H groups in total. The summed E-state index contributed by atoms with van der Waals surface area (Å²) in [6.45, 7) is 0. The summed E-state index contributed by atoms with van der Waals surface area (Å²) in [5.74, 6) is 0. The zero-order valence-electron chi connectivity index (χ0n) is 13.2. The zero-order chi connectivity index (χ0) is 20.5. The molecule has 0 spiro atoms. The van der Waals surface area contributed by atoms with Gasteiger partial charge in [0.15, 0.2) is 0 Å². The van der Waals surface area contributed by atoms with Crippen LogP contribution in [0.2, 0.25) is 0 Å². The number of thiol groups is 2. The molecule has 0 aliphatic carbocycles. The van der Waals surface area contributed by atoms with Crippen molar-refractivity contribution in [3.8, 4) is 0 Å². The lowest BCUT2D eigenvalue weighted by Gasteiger charge is -2.23. The average Bonchev–Trinajstić information content (AvgIpc) is 2.58. The molecule has 0 aromatic carbocycles. The molecule has 0 heterocycles. The van der Waals surface area contributed by atoms with E-state index in [9.17, 15) is 0 Å². The molecule has 0 aromatic heterocycles. The Morgan fingerprint density at radius 3 is 1.27 bits per heavy atom. The summed E-state index contributed by atoms with van der Waals surface area (Å²) in [5.41, 5.74) is 0. The van der Waals surface area contributed by atoms with E-state index in [1.165, 1.54) is 0 Å². The first-order valence-electron chi connectivity index (χ1n) is 5.42. The average molecular weight is 763 g/mol. The summed E-state index contributed by atoms with van der Waals surface area (Å²) in [6.07, 6.45) is 8.22. The van der Waals surface area contributed by atoms with Gasteiger partial charge in [0.2, 0.25) is 0 Å². The Bertz CT molecular complexity index is 600. The molecule has 0 rings (SSSR count). The van der Waals surface area contributed by atoms with E-state index in [4.69, 9.17) is 59.5 Å². The van der Waals surface area contributed by atoms with Crippen molar-refractivity contribution < 1.29 is 0 Å². The van der Waals surface area contributed by atoms with Gasteiger partial charge in [0.25, 0.3) is 0 Å². The minimum absolute atomic E-state index is 1.57. The Labute approximate surface area is 234 Å². The van der Waals surface area contributed by atoms with Crippen molar-refractivity contribution in [2.45, 2.75) is 0 Å². The van der Waals surface area contributed by atoms with Crippen LogP contribution in [0, 0.1) is 0 Å². The van der Waals surface area contributed by atoms with Crippen molar-refractivity contribution in [1.29, 1.82) is 0 Å². The van der Waals surface area contributed by atoms with Crippen LogP contribution < -0.4 is 0 Å². The molecule has 0 saturated heterocycles. The highest BCUT2D eigenvalue weighted by Gasteiger charge is 2.29. The van der Waals surface area contributed by atoms with Crippen LogP contribution in [0.15, 0.2) is 0 Å². The molecule has 4 atom stereocenters. The van der Waals surface area contributed by atoms with Crippen molar-refractivity contribution in [2.75, 3.05) is 25.0 Å². The summed E-state index contributed by atoms with van der Waals surface area (Å²) in [6, 6.07) is 0. The maximum Gasteiger partial charge on any atom is 0.140 e. The van der Waals surface area contributed by atoms with Gasteiger partial charge in [0.1, 0.15) is 14.6 Å². The molecule has 0 radical (unpaired) electrons. The first-order chi connectivity index (χ1) is 11.9. The van der Waals surface area contributed by atoms with Crippen molar-refractivity contribution >= 4 is 214 Å². The molecule has 0 bridgehead atoms. The summed E-state index contributed by atoms with van der Waals surface area (Å²) in [7, 11) is 17.2. The molecule has 4 unspecified atom stereocenters. The number of hydrogen-bond acceptors (Lipinski definition) is 16. The third-order valence-electron chi connectivity index (χ3n) is 1.44. The molecule has 0 amide bonds. The second-order valence-electron chi connectivity index (χ2n) is 3.13. The van der Waals surface area contributed by atoms with Crippen LogP contribution in [0.3, 0.4) is 0 Å². The van der Waals surface area contributed by atoms with Crippen LogP contribution in [0.25, 0.3) is 0 Å². The van der Waals surface area contributed by atoms with E-state index in [0.29, 0.717) is 0 Å². The second kappa shape index (κ2) is 17.0. The molecule has 0 aromatic rings. The SMILES string of the molecule is CSSP(=S)(SC)SSP(=S)(S)SSP(=S)(SSC)SSP(=S)(S)SC. The molecular formula is C4H14P4S18. The Balaban J connectivity index is 4.84. The van der Waals surface area contributed by atoms with Gasteiger partial charge in [0.05, 0.1) is 0 Å². The van der Waals surface area contributed by atoms with Gasteiger partial charge >= 0.3 is 0 Å². The van der Waals surface area contributed by atoms with Gasteiger partial charge in [0, 0.05) is 0 Å². The Morgan fingerprint density at radius 1 is 0.500 bits per heavy atom. The lowest BCUT2D eigenvalue weighted by Crippen LogP contribution is -1.58. The van der Waals surface area contributed by atoms with Crippen molar-refractivity contribution in [3.63, 3.8) is 0 Å². The fourth-order valence-corrected chi connectivity index (χ4v) is 97.7. The van der Waals surface area contributed by atoms with Crippen LogP contribution in [0.5, 0.6) is 0 Å². The maximum atomic E-state index is 5.97. The highest BCUT2D eigenvalue weighted by molar-refractivity contribution is 9.60.